The van der Waals surface area contributed by atoms with Gasteiger partial charge in [0.15, 0.2) is 0 Å². The summed E-state index contributed by atoms with van der Waals surface area (Å²) in [6, 6.07) is 16.0. The third-order valence-corrected chi connectivity index (χ3v) is 7.26. The quantitative estimate of drug-likeness (QED) is 0.422. The minimum atomic E-state index is -3.67. The molecule has 2 N–H and O–H groups in total. The first kappa shape index (κ1) is 23.8. The maximum atomic E-state index is 12.8. The zero-order valence-corrected chi connectivity index (χ0v) is 20.0. The number of hydrogen-bond donors (Lipinski definition) is 2. The molecule has 0 saturated heterocycles. The van der Waals surface area contributed by atoms with Crippen LogP contribution >= 0.6 is 11.8 Å². The average Bonchev–Trinajstić information content (AvgIpc) is 2.77. The van der Waals surface area contributed by atoms with Crippen LogP contribution < -0.4 is 10.0 Å². The number of unbranched alkanes of at least 4 members (excludes halogenated alkanes) is 1. The molecule has 3 rings (SSSR count). The van der Waals surface area contributed by atoms with Gasteiger partial charge in [-0.2, -0.15) is 0 Å². The van der Waals surface area contributed by atoms with Gasteiger partial charge < -0.3 is 5.32 Å². The number of sulfonamides is 1. The molecular formula is C24H27N3O3S2. The van der Waals surface area contributed by atoms with Crippen molar-refractivity contribution in [1.29, 1.82) is 0 Å². The summed E-state index contributed by atoms with van der Waals surface area (Å²) in [5.41, 5.74) is 2.60. The Balaban J connectivity index is 1.63. The highest BCUT2D eigenvalue weighted by atomic mass is 32.2. The van der Waals surface area contributed by atoms with Crippen molar-refractivity contribution in [1.82, 2.24) is 10.3 Å². The van der Waals surface area contributed by atoms with Crippen molar-refractivity contribution in [2.24, 2.45) is 0 Å². The predicted octanol–water partition coefficient (Wildman–Crippen LogP) is 5.18. The van der Waals surface area contributed by atoms with Crippen molar-refractivity contribution < 1.29 is 13.2 Å². The van der Waals surface area contributed by atoms with Crippen molar-refractivity contribution in [3.8, 4) is 0 Å². The second kappa shape index (κ2) is 10.7. The molecule has 1 amide bonds. The van der Waals surface area contributed by atoms with Crippen molar-refractivity contribution in [3.05, 3.63) is 77.5 Å². The van der Waals surface area contributed by atoms with E-state index >= 15 is 0 Å². The molecule has 1 heterocycles. The summed E-state index contributed by atoms with van der Waals surface area (Å²) in [4.78, 5) is 17.6. The predicted molar refractivity (Wildman–Crippen MR) is 129 cm³/mol. The molecule has 6 nitrogen and oxygen atoms in total. The van der Waals surface area contributed by atoms with Crippen LogP contribution in [-0.2, 0) is 10.0 Å². The molecule has 0 bridgehead atoms. The van der Waals surface area contributed by atoms with Crippen molar-refractivity contribution in [2.45, 2.75) is 48.4 Å². The molecule has 0 aliphatic heterocycles. The van der Waals surface area contributed by atoms with E-state index < -0.39 is 10.0 Å². The van der Waals surface area contributed by atoms with Crippen molar-refractivity contribution in [3.63, 3.8) is 0 Å². The average molecular weight is 470 g/mol. The summed E-state index contributed by atoms with van der Waals surface area (Å²) in [6.45, 7) is 6.38. The summed E-state index contributed by atoms with van der Waals surface area (Å²) >= 11 is 1.44. The van der Waals surface area contributed by atoms with Gasteiger partial charge in [-0.05, 0) is 73.9 Å². The van der Waals surface area contributed by atoms with Gasteiger partial charge in [-0.1, -0.05) is 37.2 Å². The highest BCUT2D eigenvalue weighted by Crippen LogP contribution is 2.28. The number of nitrogens with zero attached hydrogens (tertiary/aromatic N) is 1. The van der Waals surface area contributed by atoms with Crippen LogP contribution in [0.2, 0.25) is 0 Å². The van der Waals surface area contributed by atoms with Crippen LogP contribution in [0.25, 0.3) is 0 Å². The second-order valence-corrected chi connectivity index (χ2v) is 10.2. The second-order valence-electron chi connectivity index (χ2n) is 7.50. The molecule has 0 fully saturated rings. The molecule has 0 spiro atoms. The number of pyridine rings is 1. The largest absolute Gasteiger partial charge is 0.352 e. The number of amides is 1. The SMILES string of the molecule is CCCCNC(=O)c1ccc(Sc2ccc(NS(=O)(=O)c3cc(C)ccc3C)cc2)nc1. The molecule has 3 aromatic rings. The molecule has 2 aromatic carbocycles. The lowest BCUT2D eigenvalue weighted by Crippen LogP contribution is -2.24. The number of aryl methyl sites for hydroxylation is 2. The van der Waals surface area contributed by atoms with Gasteiger partial charge in [-0.15, -0.1) is 0 Å². The monoisotopic (exact) mass is 469 g/mol. The number of anilines is 1. The van der Waals surface area contributed by atoms with E-state index in [9.17, 15) is 13.2 Å². The molecule has 168 valence electrons. The van der Waals surface area contributed by atoms with Gasteiger partial charge in [0.25, 0.3) is 15.9 Å². The van der Waals surface area contributed by atoms with Crippen LogP contribution in [-0.4, -0.2) is 25.9 Å². The maximum Gasteiger partial charge on any atom is 0.262 e. The highest BCUT2D eigenvalue weighted by molar-refractivity contribution is 7.99. The summed E-state index contributed by atoms with van der Waals surface area (Å²) < 4.78 is 28.2. The first-order valence-electron chi connectivity index (χ1n) is 10.4. The van der Waals surface area contributed by atoms with Crippen LogP contribution in [0, 0.1) is 13.8 Å². The first-order valence-corrected chi connectivity index (χ1v) is 12.7. The molecule has 0 aliphatic rings. The fourth-order valence-electron chi connectivity index (χ4n) is 2.97. The summed E-state index contributed by atoms with van der Waals surface area (Å²) in [5, 5.41) is 3.62. The van der Waals surface area contributed by atoms with E-state index in [2.05, 4.69) is 21.9 Å². The summed E-state index contributed by atoms with van der Waals surface area (Å²) in [6.07, 6.45) is 3.54. The Morgan fingerprint density at radius 2 is 1.78 bits per heavy atom. The Hall–Kier alpha value is -2.84. The van der Waals surface area contributed by atoms with Crippen molar-refractivity contribution in [2.75, 3.05) is 11.3 Å². The van der Waals surface area contributed by atoms with E-state index in [-0.39, 0.29) is 10.8 Å². The molecule has 0 aliphatic carbocycles. The number of carbonyl (C=O) groups is 1. The lowest BCUT2D eigenvalue weighted by atomic mass is 10.2. The van der Waals surface area contributed by atoms with E-state index in [0.717, 1.165) is 28.3 Å². The molecule has 8 heteroatoms. The molecule has 0 saturated carbocycles. The maximum absolute atomic E-state index is 12.8. The Bertz CT molecular complexity index is 1180. The number of benzene rings is 2. The Kier molecular flexibility index (Phi) is 7.93. The van der Waals surface area contributed by atoms with E-state index in [1.54, 1.807) is 49.5 Å². The molecule has 32 heavy (non-hydrogen) atoms. The lowest BCUT2D eigenvalue weighted by molar-refractivity contribution is 0.0952. The van der Waals surface area contributed by atoms with E-state index in [4.69, 9.17) is 0 Å². The molecule has 0 radical (unpaired) electrons. The topological polar surface area (TPSA) is 88.2 Å². The van der Waals surface area contributed by atoms with E-state index in [1.807, 2.05) is 25.1 Å². The third kappa shape index (κ3) is 6.34. The van der Waals surface area contributed by atoms with Crippen LogP contribution in [0.15, 0.2) is 75.6 Å². The van der Waals surface area contributed by atoms with Gasteiger partial charge in [-0.3, -0.25) is 9.52 Å². The van der Waals surface area contributed by atoms with Gasteiger partial charge in [0.1, 0.15) is 5.03 Å². The number of carbonyl (C=O) groups excluding carboxylic acids is 1. The normalized spacial score (nSPS) is 11.2. The third-order valence-electron chi connectivity index (χ3n) is 4.78. The van der Waals surface area contributed by atoms with Gasteiger partial charge in [-0.25, -0.2) is 13.4 Å². The van der Waals surface area contributed by atoms with Crippen molar-refractivity contribution >= 4 is 33.4 Å². The fourth-order valence-corrected chi connectivity index (χ4v) is 5.12. The fraction of sp³-hybridized carbons (Fsp3) is 0.250. The number of aromatic nitrogens is 1. The highest BCUT2D eigenvalue weighted by Gasteiger charge is 2.17. The number of hydrogen-bond acceptors (Lipinski definition) is 5. The molecule has 1 aromatic heterocycles. The zero-order valence-electron chi connectivity index (χ0n) is 18.4. The Morgan fingerprint density at radius 3 is 2.44 bits per heavy atom. The van der Waals surface area contributed by atoms with Crippen LogP contribution in [0.5, 0.6) is 0 Å². The number of rotatable bonds is 9. The smallest absolute Gasteiger partial charge is 0.262 e. The standard InChI is InChI=1S/C24H27N3O3S2/c1-4-5-14-25-24(28)19-8-13-23(26-16-19)31-21-11-9-20(10-12-21)27-32(29,30)22-15-17(2)6-7-18(22)3/h6-13,15-16,27H,4-5,14H2,1-3H3,(H,25,28). The Morgan fingerprint density at radius 1 is 1.03 bits per heavy atom. The van der Waals surface area contributed by atoms with Crippen LogP contribution in [0.1, 0.15) is 41.3 Å². The number of nitrogens with one attached hydrogen (secondary N) is 2. The van der Waals surface area contributed by atoms with Gasteiger partial charge in [0.05, 0.1) is 10.5 Å². The molecule has 0 atom stereocenters. The molecule has 0 unspecified atom stereocenters. The van der Waals surface area contributed by atoms with Gasteiger partial charge in [0.2, 0.25) is 0 Å². The Labute approximate surface area is 193 Å². The van der Waals surface area contributed by atoms with E-state index in [0.29, 0.717) is 23.4 Å². The van der Waals surface area contributed by atoms with Crippen LogP contribution in [0.3, 0.4) is 0 Å². The first-order chi connectivity index (χ1) is 15.3. The minimum Gasteiger partial charge on any atom is -0.352 e. The summed E-state index contributed by atoms with van der Waals surface area (Å²) in [5.74, 6) is -0.122. The van der Waals surface area contributed by atoms with Crippen LogP contribution in [0.4, 0.5) is 5.69 Å². The minimum absolute atomic E-state index is 0.122. The lowest BCUT2D eigenvalue weighted by Gasteiger charge is -2.11. The van der Waals surface area contributed by atoms with E-state index in [1.165, 1.54) is 11.8 Å². The summed E-state index contributed by atoms with van der Waals surface area (Å²) in [7, 11) is -3.67. The zero-order chi connectivity index (χ0) is 23.1. The van der Waals surface area contributed by atoms with Gasteiger partial charge >= 0.3 is 0 Å². The molecular weight excluding hydrogens is 442 g/mol. The van der Waals surface area contributed by atoms with Gasteiger partial charge in [0, 0.05) is 23.3 Å².